The highest BCUT2D eigenvalue weighted by atomic mass is 16.6. The molecule has 0 aliphatic rings. The van der Waals surface area contributed by atoms with Gasteiger partial charge in [0.15, 0.2) is 5.78 Å². The van der Waals surface area contributed by atoms with Crippen LogP contribution in [0, 0.1) is 5.92 Å². The number of carbonyl (C=O) groups is 3. The third kappa shape index (κ3) is 8.32. The van der Waals surface area contributed by atoms with Gasteiger partial charge in [-0.3, -0.25) is 9.59 Å². The first-order valence-corrected chi connectivity index (χ1v) is 7.28. The van der Waals surface area contributed by atoms with Crippen LogP contribution >= 0.6 is 0 Å². The molecule has 0 aromatic heterocycles. The van der Waals surface area contributed by atoms with Gasteiger partial charge in [-0.05, 0) is 33.6 Å². The molecule has 0 aromatic rings. The molecular formula is C15H27NO5. The number of ketones is 1. The van der Waals surface area contributed by atoms with Crippen LogP contribution in [-0.4, -0.2) is 36.1 Å². The molecule has 0 heterocycles. The second kappa shape index (κ2) is 8.64. The first-order valence-electron chi connectivity index (χ1n) is 7.28. The quantitative estimate of drug-likeness (QED) is 0.577. The van der Waals surface area contributed by atoms with Crippen LogP contribution in [0.25, 0.3) is 0 Å². The Balaban J connectivity index is 4.76. The van der Waals surface area contributed by atoms with Crippen molar-refractivity contribution < 1.29 is 23.9 Å². The molecule has 0 bridgehead atoms. The van der Waals surface area contributed by atoms with E-state index in [1.54, 1.807) is 27.7 Å². The highest BCUT2D eigenvalue weighted by Crippen LogP contribution is 2.13. The summed E-state index contributed by atoms with van der Waals surface area (Å²) < 4.78 is 9.90. The Labute approximate surface area is 126 Å². The lowest BCUT2D eigenvalue weighted by Crippen LogP contribution is -2.47. The summed E-state index contributed by atoms with van der Waals surface area (Å²) in [6.45, 7) is 10.9. The zero-order chi connectivity index (χ0) is 16.6. The molecule has 122 valence electrons. The summed E-state index contributed by atoms with van der Waals surface area (Å²) in [5, 5.41) is 2.55. The van der Waals surface area contributed by atoms with Crippen LogP contribution in [0.1, 0.15) is 54.4 Å². The van der Waals surface area contributed by atoms with Crippen molar-refractivity contribution in [2.45, 2.75) is 66.0 Å². The Morgan fingerprint density at radius 1 is 1.14 bits per heavy atom. The summed E-state index contributed by atoms with van der Waals surface area (Å²) in [5.41, 5.74) is -0.645. The molecule has 0 radical (unpaired) electrons. The lowest BCUT2D eigenvalue weighted by atomic mass is 9.94. The Morgan fingerprint density at radius 2 is 1.71 bits per heavy atom. The number of alkyl carbamates (subject to hydrolysis) is 1. The summed E-state index contributed by atoms with van der Waals surface area (Å²) in [6, 6.07) is -0.755. The van der Waals surface area contributed by atoms with Crippen molar-refractivity contribution >= 4 is 17.8 Å². The van der Waals surface area contributed by atoms with Crippen LogP contribution in [0.3, 0.4) is 0 Å². The van der Waals surface area contributed by atoms with Crippen molar-refractivity contribution in [3.8, 4) is 0 Å². The van der Waals surface area contributed by atoms with Crippen LogP contribution in [0.2, 0.25) is 0 Å². The monoisotopic (exact) mass is 301 g/mol. The molecular weight excluding hydrogens is 274 g/mol. The number of amides is 1. The van der Waals surface area contributed by atoms with Gasteiger partial charge in [-0.25, -0.2) is 4.79 Å². The number of esters is 1. The molecule has 0 unspecified atom stereocenters. The van der Waals surface area contributed by atoms with Gasteiger partial charge in [0.25, 0.3) is 0 Å². The average molecular weight is 301 g/mol. The number of Topliss-reactive ketones (excluding diaryl/α,β-unsaturated/α-hetero) is 1. The van der Waals surface area contributed by atoms with Crippen molar-refractivity contribution in [3.63, 3.8) is 0 Å². The minimum Gasteiger partial charge on any atom is -0.466 e. The molecule has 1 N–H and O–H groups in total. The fourth-order valence-electron chi connectivity index (χ4n) is 1.67. The highest BCUT2D eigenvalue weighted by molar-refractivity contribution is 5.99. The maximum absolute atomic E-state index is 12.2. The van der Waals surface area contributed by atoms with E-state index >= 15 is 0 Å². The van der Waals surface area contributed by atoms with E-state index in [0.717, 1.165) is 0 Å². The van der Waals surface area contributed by atoms with Crippen molar-refractivity contribution in [1.82, 2.24) is 5.32 Å². The summed E-state index contributed by atoms with van der Waals surface area (Å²) >= 11 is 0. The van der Waals surface area contributed by atoms with E-state index in [4.69, 9.17) is 9.47 Å². The number of ether oxygens (including phenoxy) is 2. The maximum Gasteiger partial charge on any atom is 0.408 e. The molecule has 0 rings (SSSR count). The molecule has 6 nitrogen and oxygen atoms in total. The predicted molar refractivity (Wildman–Crippen MR) is 78.9 cm³/mol. The van der Waals surface area contributed by atoms with Crippen molar-refractivity contribution in [2.24, 2.45) is 5.92 Å². The Hall–Kier alpha value is -1.59. The van der Waals surface area contributed by atoms with E-state index in [0.29, 0.717) is 6.42 Å². The van der Waals surface area contributed by atoms with Gasteiger partial charge in [0.05, 0.1) is 12.6 Å². The van der Waals surface area contributed by atoms with Crippen molar-refractivity contribution in [1.29, 1.82) is 0 Å². The van der Waals surface area contributed by atoms with Crippen LogP contribution in [0.5, 0.6) is 0 Å². The first kappa shape index (κ1) is 19.4. The molecule has 0 spiro atoms. The minimum atomic E-state index is -0.755. The molecule has 0 saturated heterocycles. The highest BCUT2D eigenvalue weighted by Gasteiger charge is 2.29. The number of hydrogen-bond acceptors (Lipinski definition) is 5. The van der Waals surface area contributed by atoms with Gasteiger partial charge in [0.2, 0.25) is 0 Å². The third-order valence-electron chi connectivity index (χ3n) is 2.86. The summed E-state index contributed by atoms with van der Waals surface area (Å²) in [5.74, 6) is -1.05. The first-order chi connectivity index (χ1) is 9.60. The number of carbonyl (C=O) groups excluding carboxylic acids is 3. The predicted octanol–water partition coefficient (Wildman–Crippen LogP) is 2.45. The molecule has 0 fully saturated rings. The average Bonchev–Trinajstić information content (AvgIpc) is 2.32. The van der Waals surface area contributed by atoms with E-state index in [-0.39, 0.29) is 24.7 Å². The van der Waals surface area contributed by atoms with Gasteiger partial charge in [0, 0.05) is 0 Å². The summed E-state index contributed by atoms with van der Waals surface area (Å²) in [4.78, 5) is 35.4. The van der Waals surface area contributed by atoms with Crippen LogP contribution in [0.4, 0.5) is 4.79 Å². The molecule has 0 aliphatic heterocycles. The summed E-state index contributed by atoms with van der Waals surface area (Å²) in [6.07, 6.45) is -0.321. The van der Waals surface area contributed by atoms with Crippen molar-refractivity contribution in [3.05, 3.63) is 0 Å². The Kier molecular flexibility index (Phi) is 7.99. The normalized spacial score (nSPS) is 14.0. The largest absolute Gasteiger partial charge is 0.466 e. The molecule has 21 heavy (non-hydrogen) atoms. The molecule has 2 atom stereocenters. The standard InChI is InChI=1S/C15H27NO5/c1-7-10(3)13(11(17)9-12(18)20-8-2)16-14(19)21-15(4,5)6/h10,13H,7-9H2,1-6H3,(H,16,19)/t10-,13-/m0/s1. The zero-order valence-corrected chi connectivity index (χ0v) is 13.8. The molecule has 6 heteroatoms. The lowest BCUT2D eigenvalue weighted by Gasteiger charge is -2.25. The van der Waals surface area contributed by atoms with Gasteiger partial charge in [-0.15, -0.1) is 0 Å². The minimum absolute atomic E-state index is 0.0977. The molecule has 0 saturated carbocycles. The van der Waals surface area contributed by atoms with Crippen LogP contribution in [0.15, 0.2) is 0 Å². The van der Waals surface area contributed by atoms with Crippen LogP contribution < -0.4 is 5.32 Å². The second-order valence-electron chi connectivity index (χ2n) is 5.96. The SMILES string of the molecule is CCOC(=O)CC(=O)[C@@H](NC(=O)OC(C)(C)C)[C@@H](C)CC. The Bertz CT molecular complexity index is 373. The van der Waals surface area contributed by atoms with E-state index in [9.17, 15) is 14.4 Å². The fraction of sp³-hybridized carbons (Fsp3) is 0.800. The molecule has 1 amide bonds. The zero-order valence-electron chi connectivity index (χ0n) is 13.8. The van der Waals surface area contributed by atoms with Crippen LogP contribution in [-0.2, 0) is 19.1 Å². The number of hydrogen-bond donors (Lipinski definition) is 1. The number of rotatable bonds is 7. The molecule has 0 aliphatic carbocycles. The van der Waals surface area contributed by atoms with E-state index in [1.165, 1.54) is 0 Å². The van der Waals surface area contributed by atoms with Gasteiger partial charge >= 0.3 is 12.1 Å². The van der Waals surface area contributed by atoms with Gasteiger partial charge in [-0.1, -0.05) is 20.3 Å². The van der Waals surface area contributed by atoms with Gasteiger partial charge in [-0.2, -0.15) is 0 Å². The van der Waals surface area contributed by atoms with Gasteiger partial charge in [0.1, 0.15) is 12.0 Å². The topological polar surface area (TPSA) is 81.7 Å². The van der Waals surface area contributed by atoms with E-state index < -0.39 is 23.7 Å². The lowest BCUT2D eigenvalue weighted by molar-refractivity contribution is -0.146. The second-order valence-corrected chi connectivity index (χ2v) is 5.96. The van der Waals surface area contributed by atoms with Gasteiger partial charge < -0.3 is 14.8 Å². The smallest absolute Gasteiger partial charge is 0.408 e. The fourth-order valence-corrected chi connectivity index (χ4v) is 1.67. The van der Waals surface area contributed by atoms with E-state index in [2.05, 4.69) is 5.32 Å². The Morgan fingerprint density at radius 3 is 2.14 bits per heavy atom. The maximum atomic E-state index is 12.2. The number of nitrogens with one attached hydrogen (secondary N) is 1. The van der Waals surface area contributed by atoms with Crippen molar-refractivity contribution in [2.75, 3.05) is 6.61 Å². The van der Waals surface area contributed by atoms with E-state index in [1.807, 2.05) is 13.8 Å². The molecule has 0 aromatic carbocycles. The summed E-state index contributed by atoms with van der Waals surface area (Å²) in [7, 11) is 0. The third-order valence-corrected chi connectivity index (χ3v) is 2.86.